The molecule has 0 radical (unpaired) electrons. The molecular weight excluding hydrogens is 288 g/mol. The van der Waals surface area contributed by atoms with Crippen LogP contribution in [0, 0.1) is 0 Å². The molecule has 3 nitrogen and oxygen atoms in total. The van der Waals surface area contributed by atoms with Crippen molar-refractivity contribution in [2.24, 2.45) is 0 Å². The topological polar surface area (TPSA) is 46.5 Å². The van der Waals surface area contributed by atoms with Crippen molar-refractivity contribution in [2.75, 3.05) is 7.11 Å². The van der Waals surface area contributed by atoms with Crippen LogP contribution >= 0.6 is 0 Å². The molecule has 0 aliphatic heterocycles. The lowest BCUT2D eigenvalue weighted by atomic mass is 10.2. The molecule has 0 fully saturated rings. The van der Waals surface area contributed by atoms with Gasteiger partial charge in [0.25, 0.3) is 0 Å². The molecule has 0 amide bonds. The Kier molecular flexibility index (Phi) is 8.31. The Morgan fingerprint density at radius 3 is 2.13 bits per heavy atom. The normalized spacial score (nSPS) is 10.1. The first-order chi connectivity index (χ1) is 11.2. The van der Waals surface area contributed by atoms with E-state index in [1.165, 1.54) is 12.7 Å². The Morgan fingerprint density at radius 1 is 1.00 bits per heavy atom. The van der Waals surface area contributed by atoms with Crippen LogP contribution in [0.15, 0.2) is 79.4 Å². The standard InChI is InChI=1S/C16H14O.C4H6O2/c17-16-12-6-11-15(13-16)10-5-4-9-14-7-2-1-3-8-14;1-3-4(5)6-2/h1-13,17H;3H,1H2,2H3. The molecule has 0 unspecified atom stereocenters. The fourth-order valence-corrected chi connectivity index (χ4v) is 1.61. The number of hydrogen-bond acceptors (Lipinski definition) is 3. The summed E-state index contributed by atoms with van der Waals surface area (Å²) in [6, 6.07) is 17.3. The van der Waals surface area contributed by atoms with Crippen LogP contribution in [0.1, 0.15) is 11.1 Å². The number of phenols is 1. The Labute approximate surface area is 136 Å². The minimum atomic E-state index is -0.394. The first-order valence-corrected chi connectivity index (χ1v) is 7.05. The van der Waals surface area contributed by atoms with Gasteiger partial charge in [0.2, 0.25) is 0 Å². The SMILES string of the molecule is C=CC(=O)OC.Oc1cccc(C=CC=Cc2ccccc2)c1. The van der Waals surface area contributed by atoms with E-state index in [4.69, 9.17) is 0 Å². The van der Waals surface area contributed by atoms with Crippen molar-refractivity contribution in [3.05, 3.63) is 90.5 Å². The maximum atomic E-state index is 9.84. The zero-order valence-electron chi connectivity index (χ0n) is 13.1. The maximum Gasteiger partial charge on any atom is 0.329 e. The minimum absolute atomic E-state index is 0.291. The van der Waals surface area contributed by atoms with Crippen molar-refractivity contribution < 1.29 is 14.6 Å². The van der Waals surface area contributed by atoms with Crippen LogP contribution in [0.2, 0.25) is 0 Å². The molecule has 0 saturated carbocycles. The average Bonchev–Trinajstić information content (AvgIpc) is 2.59. The van der Waals surface area contributed by atoms with E-state index in [2.05, 4.69) is 23.4 Å². The Balaban J connectivity index is 0.000000379. The van der Waals surface area contributed by atoms with Crippen LogP contribution in [-0.2, 0) is 9.53 Å². The van der Waals surface area contributed by atoms with Gasteiger partial charge < -0.3 is 9.84 Å². The van der Waals surface area contributed by atoms with E-state index >= 15 is 0 Å². The highest BCUT2D eigenvalue weighted by molar-refractivity contribution is 5.80. The van der Waals surface area contributed by atoms with Gasteiger partial charge in [0.15, 0.2) is 0 Å². The zero-order chi connectivity index (χ0) is 16.9. The number of carbonyl (C=O) groups is 1. The molecule has 2 aromatic carbocycles. The molecule has 0 aliphatic rings. The molecule has 1 N–H and O–H groups in total. The molecule has 2 aromatic rings. The van der Waals surface area contributed by atoms with E-state index in [-0.39, 0.29) is 0 Å². The van der Waals surface area contributed by atoms with E-state index in [0.717, 1.165) is 11.6 Å². The molecule has 2 rings (SSSR count). The lowest BCUT2D eigenvalue weighted by Gasteiger charge is -1.93. The van der Waals surface area contributed by atoms with Crippen molar-refractivity contribution in [1.29, 1.82) is 0 Å². The third-order valence-electron chi connectivity index (χ3n) is 2.73. The zero-order valence-corrected chi connectivity index (χ0v) is 13.1. The molecule has 118 valence electrons. The summed E-state index contributed by atoms with van der Waals surface area (Å²) in [6.07, 6.45) is 9.06. The van der Waals surface area contributed by atoms with Gasteiger partial charge in [0.05, 0.1) is 7.11 Å². The van der Waals surface area contributed by atoms with Crippen molar-refractivity contribution in [3.8, 4) is 5.75 Å². The van der Waals surface area contributed by atoms with Crippen molar-refractivity contribution in [1.82, 2.24) is 0 Å². The number of esters is 1. The van der Waals surface area contributed by atoms with Crippen LogP contribution in [0.25, 0.3) is 12.2 Å². The van der Waals surface area contributed by atoms with Crippen LogP contribution < -0.4 is 0 Å². The Hall–Kier alpha value is -3.07. The minimum Gasteiger partial charge on any atom is -0.508 e. The summed E-state index contributed by atoms with van der Waals surface area (Å²) < 4.78 is 4.14. The monoisotopic (exact) mass is 308 g/mol. The lowest BCUT2D eigenvalue weighted by molar-refractivity contribution is -0.134. The summed E-state index contributed by atoms with van der Waals surface area (Å²) >= 11 is 0. The summed E-state index contributed by atoms with van der Waals surface area (Å²) in [6.45, 7) is 3.16. The summed E-state index contributed by atoms with van der Waals surface area (Å²) in [7, 11) is 1.31. The first kappa shape index (κ1) is 18.0. The molecule has 0 aromatic heterocycles. The summed E-state index contributed by atoms with van der Waals surface area (Å²) in [5.41, 5.74) is 2.16. The number of allylic oxidation sites excluding steroid dienone is 2. The molecule has 0 saturated heterocycles. The third kappa shape index (κ3) is 8.07. The van der Waals surface area contributed by atoms with Gasteiger partial charge in [0, 0.05) is 6.08 Å². The number of ether oxygens (including phenoxy) is 1. The van der Waals surface area contributed by atoms with Gasteiger partial charge in [-0.05, 0) is 23.3 Å². The summed E-state index contributed by atoms with van der Waals surface area (Å²) in [5, 5.41) is 9.30. The van der Waals surface area contributed by atoms with Gasteiger partial charge in [-0.15, -0.1) is 0 Å². The highest BCUT2D eigenvalue weighted by atomic mass is 16.5. The fraction of sp³-hybridized carbons (Fsp3) is 0.0500. The second kappa shape index (κ2) is 10.6. The van der Waals surface area contributed by atoms with E-state index < -0.39 is 5.97 Å². The van der Waals surface area contributed by atoms with Crippen LogP contribution in [0.3, 0.4) is 0 Å². The molecule has 0 aliphatic carbocycles. The van der Waals surface area contributed by atoms with Gasteiger partial charge in [-0.3, -0.25) is 0 Å². The van der Waals surface area contributed by atoms with E-state index in [1.54, 1.807) is 12.1 Å². The number of hydrogen-bond donors (Lipinski definition) is 1. The predicted molar refractivity (Wildman–Crippen MR) is 94.8 cm³/mol. The van der Waals surface area contributed by atoms with Gasteiger partial charge in [-0.2, -0.15) is 0 Å². The van der Waals surface area contributed by atoms with Gasteiger partial charge in [0.1, 0.15) is 5.75 Å². The molecule has 0 atom stereocenters. The first-order valence-electron chi connectivity index (χ1n) is 7.05. The van der Waals surface area contributed by atoms with Crippen molar-refractivity contribution in [2.45, 2.75) is 0 Å². The summed E-state index contributed by atoms with van der Waals surface area (Å²) in [4.78, 5) is 9.84. The fourth-order valence-electron chi connectivity index (χ4n) is 1.61. The average molecular weight is 308 g/mol. The van der Waals surface area contributed by atoms with Crippen LogP contribution in [-0.4, -0.2) is 18.2 Å². The van der Waals surface area contributed by atoms with E-state index in [9.17, 15) is 9.90 Å². The second-order valence-electron chi connectivity index (χ2n) is 4.45. The molecule has 0 heterocycles. The third-order valence-corrected chi connectivity index (χ3v) is 2.73. The summed E-state index contributed by atoms with van der Waals surface area (Å²) in [5.74, 6) is -0.103. The van der Waals surface area contributed by atoms with Crippen LogP contribution in [0.4, 0.5) is 0 Å². The largest absolute Gasteiger partial charge is 0.508 e. The Bertz CT molecular complexity index is 670. The maximum absolute atomic E-state index is 9.84. The molecule has 0 bridgehead atoms. The van der Waals surface area contributed by atoms with Crippen LogP contribution in [0.5, 0.6) is 5.75 Å². The number of rotatable bonds is 4. The highest BCUT2D eigenvalue weighted by Crippen LogP contribution is 2.12. The molecular formula is C20H20O3. The lowest BCUT2D eigenvalue weighted by Crippen LogP contribution is -1.91. The van der Waals surface area contributed by atoms with E-state index in [0.29, 0.717) is 5.75 Å². The van der Waals surface area contributed by atoms with Gasteiger partial charge in [-0.1, -0.05) is 73.3 Å². The second-order valence-corrected chi connectivity index (χ2v) is 4.45. The smallest absolute Gasteiger partial charge is 0.329 e. The highest BCUT2D eigenvalue weighted by Gasteiger charge is 1.87. The molecule has 0 spiro atoms. The number of benzene rings is 2. The number of carbonyl (C=O) groups excluding carboxylic acids is 1. The van der Waals surface area contributed by atoms with Gasteiger partial charge >= 0.3 is 5.97 Å². The molecule has 3 heteroatoms. The number of phenolic OH excluding ortho intramolecular Hbond substituents is 1. The number of methoxy groups -OCH3 is 1. The van der Waals surface area contributed by atoms with Gasteiger partial charge in [-0.25, -0.2) is 4.79 Å². The van der Waals surface area contributed by atoms with E-state index in [1.807, 2.05) is 54.6 Å². The Morgan fingerprint density at radius 2 is 1.61 bits per heavy atom. The predicted octanol–water partition coefficient (Wildman–Crippen LogP) is 4.46. The van der Waals surface area contributed by atoms with Crippen molar-refractivity contribution in [3.63, 3.8) is 0 Å². The van der Waals surface area contributed by atoms with Crippen molar-refractivity contribution >= 4 is 18.1 Å². The quantitative estimate of drug-likeness (QED) is 0.515. The number of aromatic hydroxyl groups is 1. The molecule has 23 heavy (non-hydrogen) atoms.